The van der Waals surface area contributed by atoms with Crippen molar-refractivity contribution >= 4 is 38.5 Å². The maximum atomic E-state index is 12.6. The molecule has 0 spiro atoms. The molecule has 0 saturated carbocycles. The van der Waals surface area contributed by atoms with Crippen LogP contribution >= 0.6 is 38.5 Å². The zero-order valence-electron chi connectivity index (χ0n) is 5.62. The fourth-order valence-electron chi connectivity index (χ4n) is 0.735. The molecule has 0 atom stereocenters. The van der Waals surface area contributed by atoms with E-state index in [9.17, 15) is 13.2 Å². The van der Waals surface area contributed by atoms with Gasteiger partial charge in [-0.25, -0.2) is 13.2 Å². The second kappa shape index (κ2) is 3.95. The molecule has 1 aromatic carbocycles. The minimum atomic E-state index is -2.65. The van der Waals surface area contributed by atoms with E-state index in [0.29, 0.717) is 3.57 Å². The Balaban J connectivity index is 3.28. The van der Waals surface area contributed by atoms with Crippen molar-refractivity contribution in [1.29, 1.82) is 0 Å². The number of halogens is 5. The topological polar surface area (TPSA) is 0 Å². The summed E-state index contributed by atoms with van der Waals surface area (Å²) in [5, 5.41) is 0. The number of rotatable bonds is 1. The van der Waals surface area contributed by atoms with Crippen molar-refractivity contribution in [2.45, 2.75) is 6.43 Å². The molecule has 0 aliphatic heterocycles. The quantitative estimate of drug-likeness (QED) is 0.527. The monoisotopic (exact) mass is 350 g/mol. The number of benzene rings is 1. The first-order valence-corrected chi connectivity index (χ1v) is 4.82. The van der Waals surface area contributed by atoms with Gasteiger partial charge in [-0.05, 0) is 50.7 Å². The molecule has 1 rings (SSSR count). The molecule has 0 nitrogen and oxygen atoms in total. The average Bonchev–Trinajstić information content (AvgIpc) is 1.96. The third-order valence-corrected chi connectivity index (χ3v) is 3.73. The van der Waals surface area contributed by atoms with Gasteiger partial charge in [0, 0.05) is 13.6 Å². The zero-order valence-corrected chi connectivity index (χ0v) is 9.37. The van der Waals surface area contributed by atoms with Crippen molar-refractivity contribution < 1.29 is 13.2 Å². The van der Waals surface area contributed by atoms with Gasteiger partial charge in [-0.2, -0.15) is 0 Å². The van der Waals surface area contributed by atoms with Crippen LogP contribution in [0.1, 0.15) is 12.0 Å². The third kappa shape index (κ3) is 2.12. The third-order valence-electron chi connectivity index (χ3n) is 1.26. The summed E-state index contributed by atoms with van der Waals surface area (Å²) in [4.78, 5) is 0. The first-order chi connectivity index (χ1) is 5.52. The van der Waals surface area contributed by atoms with Crippen molar-refractivity contribution in [3.05, 3.63) is 31.6 Å². The van der Waals surface area contributed by atoms with Crippen LogP contribution in [0.25, 0.3) is 0 Å². The summed E-state index contributed by atoms with van der Waals surface area (Å²) >= 11 is 4.75. The van der Waals surface area contributed by atoms with Crippen LogP contribution in [0.4, 0.5) is 13.2 Å². The lowest BCUT2D eigenvalue weighted by Crippen LogP contribution is -1.91. The summed E-state index contributed by atoms with van der Waals surface area (Å²) in [6.45, 7) is 0. The van der Waals surface area contributed by atoms with Crippen LogP contribution in [-0.4, -0.2) is 0 Å². The van der Waals surface area contributed by atoms with Gasteiger partial charge in [-0.3, -0.25) is 0 Å². The summed E-state index contributed by atoms with van der Waals surface area (Å²) in [6, 6.07) is 2.02. The van der Waals surface area contributed by atoms with Gasteiger partial charge < -0.3 is 0 Å². The summed E-state index contributed by atoms with van der Waals surface area (Å²) in [5.41, 5.74) is -0.306. The summed E-state index contributed by atoms with van der Waals surface area (Å²) in [7, 11) is 0. The maximum Gasteiger partial charge on any atom is 0.265 e. The summed E-state index contributed by atoms with van der Waals surface area (Å²) in [6.07, 6.45) is -2.65. The van der Waals surface area contributed by atoms with Crippen LogP contribution in [0.2, 0.25) is 0 Å². The number of alkyl halides is 2. The van der Waals surface area contributed by atoms with Gasteiger partial charge in [-0.15, -0.1) is 0 Å². The van der Waals surface area contributed by atoms with E-state index < -0.39 is 12.2 Å². The van der Waals surface area contributed by atoms with Gasteiger partial charge in [0.15, 0.2) is 0 Å². The van der Waals surface area contributed by atoms with E-state index >= 15 is 0 Å². The zero-order chi connectivity index (χ0) is 9.30. The van der Waals surface area contributed by atoms with Gasteiger partial charge in [0.2, 0.25) is 0 Å². The Morgan fingerprint density at radius 2 is 1.92 bits per heavy atom. The van der Waals surface area contributed by atoms with Gasteiger partial charge in [0.1, 0.15) is 5.82 Å². The molecule has 0 aliphatic carbocycles. The predicted octanol–water partition coefficient (Wildman–Crippen LogP) is 4.13. The highest BCUT2D eigenvalue weighted by molar-refractivity contribution is 14.1. The first kappa shape index (κ1) is 10.3. The molecule has 0 bridgehead atoms. The Hall–Kier alpha value is 0.220. The maximum absolute atomic E-state index is 12.6. The second-order valence-corrected chi connectivity index (χ2v) is 4.05. The van der Waals surface area contributed by atoms with Crippen molar-refractivity contribution in [3.8, 4) is 0 Å². The minimum Gasteiger partial charge on any atom is -0.207 e. The van der Waals surface area contributed by atoms with Crippen LogP contribution in [0.5, 0.6) is 0 Å². The molecule has 0 N–H and O–H groups in total. The van der Waals surface area contributed by atoms with Crippen molar-refractivity contribution in [1.82, 2.24) is 0 Å². The van der Waals surface area contributed by atoms with Gasteiger partial charge in [-0.1, -0.05) is 0 Å². The fraction of sp³-hybridized carbons (Fsp3) is 0.143. The number of hydrogen-bond donors (Lipinski definition) is 0. The van der Waals surface area contributed by atoms with Crippen LogP contribution < -0.4 is 0 Å². The normalized spacial score (nSPS) is 10.8. The molecule has 0 heterocycles. The predicted molar refractivity (Wildman–Crippen MR) is 51.8 cm³/mol. The highest BCUT2D eigenvalue weighted by atomic mass is 127. The molecule has 0 amide bonds. The smallest absolute Gasteiger partial charge is 0.207 e. The molecule has 1 aromatic rings. The molecule has 0 fully saturated rings. The second-order valence-electron chi connectivity index (χ2n) is 2.09. The fourth-order valence-corrected chi connectivity index (χ4v) is 1.75. The molecule has 66 valence electrons. The molecular formula is C7H3BrF3I. The van der Waals surface area contributed by atoms with Crippen LogP contribution in [0, 0.1) is 9.39 Å². The largest absolute Gasteiger partial charge is 0.265 e. The Kier molecular flexibility index (Phi) is 3.39. The lowest BCUT2D eigenvalue weighted by Gasteiger charge is -2.04. The van der Waals surface area contributed by atoms with Gasteiger partial charge in [0.25, 0.3) is 6.43 Å². The molecule has 0 aliphatic rings. The molecule has 12 heavy (non-hydrogen) atoms. The van der Waals surface area contributed by atoms with E-state index in [0.717, 1.165) is 6.07 Å². The Bertz CT molecular complexity index is 301. The number of hydrogen-bond acceptors (Lipinski definition) is 0. The Labute approximate surface area is 89.4 Å². The van der Waals surface area contributed by atoms with E-state index in [1.54, 1.807) is 22.6 Å². The summed E-state index contributed by atoms with van der Waals surface area (Å²) in [5.74, 6) is -0.641. The first-order valence-electron chi connectivity index (χ1n) is 2.95. The SMILES string of the molecule is Fc1cc(I)c(Br)c(C(F)F)c1. The van der Waals surface area contributed by atoms with Crippen molar-refractivity contribution in [2.75, 3.05) is 0 Å². The van der Waals surface area contributed by atoms with Crippen LogP contribution in [0.15, 0.2) is 16.6 Å². The van der Waals surface area contributed by atoms with Crippen molar-refractivity contribution in [3.63, 3.8) is 0 Å². The van der Waals surface area contributed by atoms with Crippen LogP contribution in [-0.2, 0) is 0 Å². The highest BCUT2D eigenvalue weighted by Crippen LogP contribution is 2.31. The Morgan fingerprint density at radius 3 is 2.42 bits per heavy atom. The van der Waals surface area contributed by atoms with Crippen LogP contribution in [0.3, 0.4) is 0 Å². The van der Waals surface area contributed by atoms with E-state index in [-0.39, 0.29) is 10.0 Å². The molecule has 0 aromatic heterocycles. The lowest BCUT2D eigenvalue weighted by atomic mass is 10.2. The minimum absolute atomic E-state index is 0.263. The highest BCUT2D eigenvalue weighted by Gasteiger charge is 2.14. The van der Waals surface area contributed by atoms with Gasteiger partial charge >= 0.3 is 0 Å². The van der Waals surface area contributed by atoms with E-state index in [1.807, 2.05) is 0 Å². The van der Waals surface area contributed by atoms with E-state index in [1.165, 1.54) is 6.07 Å². The Morgan fingerprint density at radius 1 is 1.33 bits per heavy atom. The van der Waals surface area contributed by atoms with Crippen molar-refractivity contribution in [2.24, 2.45) is 0 Å². The summed E-state index contributed by atoms with van der Waals surface area (Å²) < 4.78 is 37.7. The van der Waals surface area contributed by atoms with E-state index in [2.05, 4.69) is 15.9 Å². The lowest BCUT2D eigenvalue weighted by molar-refractivity contribution is 0.150. The molecule has 0 radical (unpaired) electrons. The molecular weight excluding hydrogens is 348 g/mol. The molecule has 0 saturated heterocycles. The molecule has 0 unspecified atom stereocenters. The molecule has 5 heteroatoms. The average molecular weight is 351 g/mol. The van der Waals surface area contributed by atoms with Gasteiger partial charge in [0.05, 0.1) is 0 Å². The van der Waals surface area contributed by atoms with E-state index in [4.69, 9.17) is 0 Å². The standard InChI is InChI=1S/C7H3BrF3I/c8-6-4(7(10)11)1-3(9)2-5(6)12/h1-2,7H.